The van der Waals surface area contributed by atoms with Gasteiger partial charge in [-0.3, -0.25) is 29.0 Å². The first-order chi connectivity index (χ1) is 19.7. The Morgan fingerprint density at radius 3 is 2.10 bits per heavy atom. The largest absolute Gasteiger partial charge is 0.489 e. The van der Waals surface area contributed by atoms with E-state index in [4.69, 9.17) is 32.7 Å². The van der Waals surface area contributed by atoms with E-state index in [0.717, 1.165) is 16.9 Å². The smallest absolute Gasteiger partial charge is 0.329 e. The zero-order valence-corrected chi connectivity index (χ0v) is 23.4. The molecule has 2 aliphatic heterocycles. The second-order valence-corrected chi connectivity index (χ2v) is 10.4. The maximum atomic E-state index is 13.7. The molecule has 0 radical (unpaired) electrons. The van der Waals surface area contributed by atoms with Crippen LogP contribution in [0.1, 0.15) is 44.7 Å². The van der Waals surface area contributed by atoms with Gasteiger partial charge < -0.3 is 9.47 Å². The number of esters is 1. The van der Waals surface area contributed by atoms with E-state index >= 15 is 0 Å². The van der Waals surface area contributed by atoms with E-state index in [2.05, 4.69) is 0 Å². The Morgan fingerprint density at radius 1 is 0.902 bits per heavy atom. The van der Waals surface area contributed by atoms with E-state index < -0.39 is 41.7 Å². The molecule has 4 amide bonds. The second-order valence-electron chi connectivity index (χ2n) is 9.56. The van der Waals surface area contributed by atoms with Gasteiger partial charge in [-0.15, -0.1) is 0 Å². The van der Waals surface area contributed by atoms with Crippen molar-refractivity contribution in [2.75, 3.05) is 7.11 Å². The number of ether oxygens (including phenoxy) is 2. The fourth-order valence-electron chi connectivity index (χ4n) is 5.03. The van der Waals surface area contributed by atoms with Crippen LogP contribution in [-0.2, 0) is 32.1 Å². The SMILES string of the molecule is COC(=O)[C@H](Cc1ccc(OCc2c(Cl)cccc2Cl)cc1)N1C(=O)CCC(N2C(=O)c3ccccc3C2=O)C1=O. The molecule has 0 aliphatic carbocycles. The molecular weight excluding hydrogens is 571 g/mol. The van der Waals surface area contributed by atoms with Crippen LogP contribution in [0.3, 0.4) is 0 Å². The summed E-state index contributed by atoms with van der Waals surface area (Å²) >= 11 is 12.4. The molecule has 41 heavy (non-hydrogen) atoms. The molecule has 3 aromatic rings. The number of fused-ring (bicyclic) bond motifs is 1. The first kappa shape index (κ1) is 28.3. The van der Waals surface area contributed by atoms with Crippen LogP contribution in [0.5, 0.6) is 5.75 Å². The van der Waals surface area contributed by atoms with Crippen LogP contribution in [0.4, 0.5) is 0 Å². The highest BCUT2D eigenvalue weighted by Gasteiger charge is 2.49. The minimum atomic E-state index is -1.30. The molecule has 5 rings (SSSR count). The zero-order chi connectivity index (χ0) is 29.3. The van der Waals surface area contributed by atoms with Gasteiger partial charge in [-0.2, -0.15) is 0 Å². The molecule has 1 fully saturated rings. The van der Waals surface area contributed by atoms with Crippen LogP contribution < -0.4 is 4.74 Å². The summed E-state index contributed by atoms with van der Waals surface area (Å²) in [4.78, 5) is 67.3. The number of hydrogen-bond donors (Lipinski definition) is 0. The minimum Gasteiger partial charge on any atom is -0.489 e. The number of nitrogens with zero attached hydrogens (tertiary/aromatic N) is 2. The van der Waals surface area contributed by atoms with Gasteiger partial charge in [-0.1, -0.05) is 53.5 Å². The molecule has 1 unspecified atom stereocenters. The standard InChI is InChI=1S/C30H24Cl2N2O7/c1-40-30(39)25(15-17-9-11-18(12-10-17)41-16-21-22(31)7-4-8-23(21)32)33-26(35)14-13-24(29(33)38)34-27(36)19-5-2-3-6-20(19)28(34)37/h2-12,24-25H,13-16H2,1H3/t24?,25-/m0/s1. The maximum absolute atomic E-state index is 13.7. The van der Waals surface area contributed by atoms with E-state index in [1.807, 2.05) is 0 Å². The third-order valence-electron chi connectivity index (χ3n) is 7.14. The topological polar surface area (TPSA) is 110 Å². The van der Waals surface area contributed by atoms with Crippen molar-refractivity contribution in [2.24, 2.45) is 0 Å². The first-order valence-electron chi connectivity index (χ1n) is 12.8. The molecule has 2 heterocycles. The number of amides is 4. The van der Waals surface area contributed by atoms with Crippen LogP contribution >= 0.6 is 23.2 Å². The minimum absolute atomic E-state index is 0.0327. The van der Waals surface area contributed by atoms with Gasteiger partial charge in [0, 0.05) is 28.5 Å². The normalized spacial score (nSPS) is 17.5. The van der Waals surface area contributed by atoms with Crippen molar-refractivity contribution in [3.63, 3.8) is 0 Å². The van der Waals surface area contributed by atoms with Gasteiger partial charge in [0.05, 0.1) is 18.2 Å². The lowest BCUT2D eigenvalue weighted by Gasteiger charge is -2.37. The molecule has 0 aromatic heterocycles. The Labute approximate surface area is 245 Å². The van der Waals surface area contributed by atoms with E-state index in [1.54, 1.807) is 54.6 Å². The monoisotopic (exact) mass is 594 g/mol. The van der Waals surface area contributed by atoms with Gasteiger partial charge in [0.1, 0.15) is 24.4 Å². The number of rotatable bonds is 8. The van der Waals surface area contributed by atoms with Gasteiger partial charge in [0.25, 0.3) is 17.7 Å². The highest BCUT2D eigenvalue weighted by molar-refractivity contribution is 6.36. The average molecular weight is 595 g/mol. The number of carbonyl (C=O) groups is 5. The van der Waals surface area contributed by atoms with Gasteiger partial charge in [-0.05, 0) is 48.4 Å². The van der Waals surface area contributed by atoms with Gasteiger partial charge >= 0.3 is 5.97 Å². The Hall–Kier alpha value is -4.21. The van der Waals surface area contributed by atoms with E-state index in [-0.39, 0.29) is 37.0 Å². The molecule has 0 bridgehead atoms. The van der Waals surface area contributed by atoms with Gasteiger partial charge in [0.2, 0.25) is 5.91 Å². The van der Waals surface area contributed by atoms with E-state index in [0.29, 0.717) is 26.9 Å². The van der Waals surface area contributed by atoms with E-state index in [1.165, 1.54) is 12.1 Å². The molecule has 1 saturated heterocycles. The average Bonchev–Trinajstić information content (AvgIpc) is 3.22. The van der Waals surface area contributed by atoms with Crippen molar-refractivity contribution in [2.45, 2.75) is 38.0 Å². The summed E-state index contributed by atoms with van der Waals surface area (Å²) in [6.45, 7) is 0.138. The van der Waals surface area contributed by atoms with Crippen molar-refractivity contribution in [3.05, 3.63) is 99.0 Å². The van der Waals surface area contributed by atoms with E-state index in [9.17, 15) is 24.0 Å². The van der Waals surface area contributed by atoms with Crippen LogP contribution in [0, 0.1) is 0 Å². The number of piperidine rings is 1. The third-order valence-corrected chi connectivity index (χ3v) is 7.85. The van der Waals surface area contributed by atoms with Crippen LogP contribution in [0.15, 0.2) is 66.7 Å². The summed E-state index contributed by atoms with van der Waals surface area (Å²) in [5, 5.41) is 0.954. The van der Waals surface area contributed by atoms with Crippen molar-refractivity contribution in [1.82, 2.24) is 9.80 Å². The summed E-state index contributed by atoms with van der Waals surface area (Å²) in [5.41, 5.74) is 1.64. The first-order valence-corrected chi connectivity index (χ1v) is 13.5. The summed E-state index contributed by atoms with van der Waals surface area (Å²) < 4.78 is 10.7. The van der Waals surface area contributed by atoms with Gasteiger partial charge in [-0.25, -0.2) is 4.79 Å². The molecular formula is C30H24Cl2N2O7. The van der Waals surface area contributed by atoms with Crippen LogP contribution in [0.2, 0.25) is 10.0 Å². The number of methoxy groups -OCH3 is 1. The maximum Gasteiger partial charge on any atom is 0.329 e. The number of halogens is 2. The molecule has 0 spiro atoms. The molecule has 210 valence electrons. The summed E-state index contributed by atoms with van der Waals surface area (Å²) in [6.07, 6.45) is -0.209. The van der Waals surface area contributed by atoms with Crippen LogP contribution in [-0.4, -0.2) is 58.6 Å². The number of carbonyl (C=O) groups excluding carboxylic acids is 5. The van der Waals surface area contributed by atoms with Crippen LogP contribution in [0.25, 0.3) is 0 Å². The highest BCUT2D eigenvalue weighted by Crippen LogP contribution is 2.31. The zero-order valence-electron chi connectivity index (χ0n) is 21.8. The molecule has 9 nitrogen and oxygen atoms in total. The predicted octanol–water partition coefficient (Wildman–Crippen LogP) is 4.47. The number of hydrogen-bond acceptors (Lipinski definition) is 7. The number of likely N-dealkylation sites (tertiary alicyclic amines) is 1. The number of imide groups is 2. The molecule has 0 N–H and O–H groups in total. The Kier molecular flexibility index (Phi) is 8.10. The Bertz CT molecular complexity index is 1500. The van der Waals surface area contributed by atoms with Gasteiger partial charge in [0.15, 0.2) is 0 Å². The Morgan fingerprint density at radius 2 is 1.51 bits per heavy atom. The molecule has 11 heteroatoms. The quantitative estimate of drug-likeness (QED) is 0.279. The summed E-state index contributed by atoms with van der Waals surface area (Å²) in [6, 6.07) is 15.7. The molecule has 3 aromatic carbocycles. The third kappa shape index (κ3) is 5.42. The fourth-order valence-corrected chi connectivity index (χ4v) is 5.54. The summed E-state index contributed by atoms with van der Waals surface area (Å²) in [5.74, 6) is -2.90. The predicted molar refractivity (Wildman–Crippen MR) is 149 cm³/mol. The van der Waals surface area contributed by atoms with Crippen molar-refractivity contribution >= 4 is 52.8 Å². The fraction of sp³-hybridized carbons (Fsp3) is 0.233. The molecule has 2 atom stereocenters. The lowest BCUT2D eigenvalue weighted by Crippen LogP contribution is -2.60. The second kappa shape index (κ2) is 11.7. The lowest BCUT2D eigenvalue weighted by molar-refractivity contribution is -0.164. The molecule has 2 aliphatic rings. The van der Waals surface area contributed by atoms with Crippen molar-refractivity contribution < 1.29 is 33.4 Å². The van der Waals surface area contributed by atoms with Crippen molar-refractivity contribution in [1.29, 1.82) is 0 Å². The Balaban J connectivity index is 1.34. The highest BCUT2D eigenvalue weighted by atomic mass is 35.5. The number of benzene rings is 3. The summed E-state index contributed by atoms with van der Waals surface area (Å²) in [7, 11) is 1.16. The van der Waals surface area contributed by atoms with Crippen molar-refractivity contribution in [3.8, 4) is 5.75 Å². The molecule has 0 saturated carbocycles. The lowest BCUT2D eigenvalue weighted by atomic mass is 9.97.